The van der Waals surface area contributed by atoms with Gasteiger partial charge in [0, 0.05) is 25.7 Å². The first-order chi connectivity index (χ1) is 7.02. The Kier molecular flexibility index (Phi) is 4.81. The molecule has 3 atom stereocenters. The van der Waals surface area contributed by atoms with Crippen molar-refractivity contribution in [2.24, 2.45) is 0 Å². The van der Waals surface area contributed by atoms with Crippen LogP contribution in [-0.2, 0) is 0 Å². The maximum absolute atomic E-state index is 9.58. The van der Waals surface area contributed by atoms with Crippen molar-refractivity contribution in [2.45, 2.75) is 23.9 Å². The average Bonchev–Trinajstić information content (AvgIpc) is 2.45. The molecular formula is C10H18ClN3O. The third-order valence-electron chi connectivity index (χ3n) is 2.62. The summed E-state index contributed by atoms with van der Waals surface area (Å²) < 4.78 is 0. The third-order valence-corrected chi connectivity index (χ3v) is 2.85. The van der Waals surface area contributed by atoms with Crippen molar-refractivity contribution < 1.29 is 5.11 Å². The van der Waals surface area contributed by atoms with Gasteiger partial charge in [-0.15, -0.1) is 11.6 Å². The van der Waals surface area contributed by atoms with Gasteiger partial charge in [-0.1, -0.05) is 0 Å². The molecule has 0 spiro atoms. The fourth-order valence-corrected chi connectivity index (χ4v) is 2.22. The summed E-state index contributed by atoms with van der Waals surface area (Å²) in [7, 11) is 4.01. The van der Waals surface area contributed by atoms with E-state index in [1.165, 1.54) is 0 Å². The van der Waals surface area contributed by atoms with Gasteiger partial charge in [-0.2, -0.15) is 5.26 Å². The van der Waals surface area contributed by atoms with E-state index in [2.05, 4.69) is 9.80 Å². The quantitative estimate of drug-likeness (QED) is 0.698. The summed E-state index contributed by atoms with van der Waals surface area (Å²) in [6.45, 7) is 2.06. The molecule has 1 N–H and O–H groups in total. The first-order valence-electron chi connectivity index (χ1n) is 5.13. The molecule has 0 aromatic heterocycles. The normalized spacial score (nSPS) is 29.3. The van der Waals surface area contributed by atoms with Gasteiger partial charge in [0.05, 0.1) is 12.2 Å². The van der Waals surface area contributed by atoms with Crippen LogP contribution in [0.1, 0.15) is 6.42 Å². The van der Waals surface area contributed by atoms with Crippen LogP contribution in [0.5, 0.6) is 0 Å². The Morgan fingerprint density at radius 1 is 1.67 bits per heavy atom. The second-order valence-corrected chi connectivity index (χ2v) is 4.88. The Balaban J connectivity index is 2.49. The van der Waals surface area contributed by atoms with Crippen LogP contribution in [0.25, 0.3) is 0 Å². The van der Waals surface area contributed by atoms with Crippen molar-refractivity contribution >= 4 is 11.6 Å². The Labute approximate surface area is 96.0 Å². The van der Waals surface area contributed by atoms with E-state index < -0.39 is 5.38 Å². The number of hydrogen-bond donors (Lipinski definition) is 1. The molecule has 1 rings (SSSR count). The van der Waals surface area contributed by atoms with Crippen LogP contribution in [0.3, 0.4) is 0 Å². The van der Waals surface area contributed by atoms with Crippen LogP contribution >= 0.6 is 11.6 Å². The van der Waals surface area contributed by atoms with Gasteiger partial charge in [0.1, 0.15) is 5.38 Å². The topological polar surface area (TPSA) is 50.5 Å². The number of alkyl halides is 1. The van der Waals surface area contributed by atoms with E-state index >= 15 is 0 Å². The highest BCUT2D eigenvalue weighted by atomic mass is 35.5. The zero-order chi connectivity index (χ0) is 11.4. The number of rotatable bonds is 4. The number of likely N-dealkylation sites (tertiary alicyclic amines) is 1. The number of aliphatic hydroxyl groups excluding tert-OH is 1. The van der Waals surface area contributed by atoms with E-state index in [-0.39, 0.29) is 6.10 Å². The highest BCUT2D eigenvalue weighted by Crippen LogP contribution is 2.19. The number of likely N-dealkylation sites (N-methyl/N-ethyl adjacent to an activating group) is 1. The van der Waals surface area contributed by atoms with Gasteiger partial charge in [0.25, 0.3) is 0 Å². The van der Waals surface area contributed by atoms with Gasteiger partial charge in [0.2, 0.25) is 0 Å². The smallest absolute Gasteiger partial charge is 0.133 e. The van der Waals surface area contributed by atoms with Gasteiger partial charge in [0.15, 0.2) is 0 Å². The second kappa shape index (κ2) is 5.66. The van der Waals surface area contributed by atoms with Crippen molar-refractivity contribution in [1.29, 1.82) is 5.26 Å². The molecule has 86 valence electrons. The van der Waals surface area contributed by atoms with E-state index in [9.17, 15) is 5.11 Å². The van der Waals surface area contributed by atoms with Crippen molar-refractivity contribution in [3.8, 4) is 6.07 Å². The predicted octanol–water partition coefficient (Wildman–Crippen LogP) is 0.114. The summed E-state index contributed by atoms with van der Waals surface area (Å²) in [6, 6.07) is 2.32. The fraction of sp³-hybridized carbons (Fsp3) is 0.900. The Hall–Kier alpha value is -0.340. The number of β-amino-alcohol motifs (C(OH)–C–C–N with tert-alkyl or cyclic N) is 1. The number of nitriles is 1. The standard InChI is InChI=1S/C10H18ClN3O/c1-13(2)6-9-3-10(15)7-14(9)5-8(11)4-12/h8-10,15H,3,5-7H2,1-2H3. The molecule has 1 aliphatic heterocycles. The minimum Gasteiger partial charge on any atom is -0.392 e. The van der Waals surface area contributed by atoms with Crippen molar-refractivity contribution in [3.05, 3.63) is 0 Å². The lowest BCUT2D eigenvalue weighted by Gasteiger charge is -2.26. The SMILES string of the molecule is CN(C)CC1CC(O)CN1CC(Cl)C#N. The number of nitrogens with zero attached hydrogens (tertiary/aromatic N) is 3. The maximum Gasteiger partial charge on any atom is 0.133 e. The van der Waals surface area contributed by atoms with E-state index in [1.54, 1.807) is 0 Å². The fourth-order valence-electron chi connectivity index (χ4n) is 2.04. The molecule has 0 saturated carbocycles. The molecule has 1 fully saturated rings. The summed E-state index contributed by atoms with van der Waals surface area (Å²) >= 11 is 5.80. The molecule has 0 aliphatic carbocycles. The lowest BCUT2D eigenvalue weighted by atomic mass is 10.2. The summed E-state index contributed by atoms with van der Waals surface area (Å²) in [5.74, 6) is 0. The monoisotopic (exact) mass is 231 g/mol. The zero-order valence-electron chi connectivity index (χ0n) is 9.23. The third kappa shape index (κ3) is 3.96. The van der Waals surface area contributed by atoms with Gasteiger partial charge >= 0.3 is 0 Å². The van der Waals surface area contributed by atoms with Crippen LogP contribution in [0, 0.1) is 11.3 Å². The second-order valence-electron chi connectivity index (χ2n) is 4.36. The average molecular weight is 232 g/mol. The number of aliphatic hydroxyl groups is 1. The van der Waals surface area contributed by atoms with Crippen LogP contribution < -0.4 is 0 Å². The van der Waals surface area contributed by atoms with Crippen LogP contribution in [-0.4, -0.2) is 66.2 Å². The van der Waals surface area contributed by atoms with Crippen LogP contribution in [0.15, 0.2) is 0 Å². The minimum atomic E-state index is -0.486. The molecule has 1 aliphatic rings. The van der Waals surface area contributed by atoms with Crippen molar-refractivity contribution in [1.82, 2.24) is 9.80 Å². The molecule has 5 heteroatoms. The number of halogens is 1. The van der Waals surface area contributed by atoms with Gasteiger partial charge in [-0.3, -0.25) is 4.90 Å². The Bertz CT molecular complexity index is 241. The lowest BCUT2D eigenvalue weighted by molar-refractivity contribution is 0.174. The summed E-state index contributed by atoms with van der Waals surface area (Å²) in [6.07, 6.45) is 0.491. The Morgan fingerprint density at radius 3 is 2.87 bits per heavy atom. The lowest BCUT2D eigenvalue weighted by Crippen LogP contribution is -2.40. The molecule has 3 unspecified atom stereocenters. The van der Waals surface area contributed by atoms with Crippen molar-refractivity contribution in [3.63, 3.8) is 0 Å². The van der Waals surface area contributed by atoms with E-state index in [4.69, 9.17) is 16.9 Å². The summed E-state index contributed by atoms with van der Waals surface area (Å²) in [5.41, 5.74) is 0. The molecule has 4 nitrogen and oxygen atoms in total. The van der Waals surface area contributed by atoms with Crippen molar-refractivity contribution in [2.75, 3.05) is 33.7 Å². The van der Waals surface area contributed by atoms with Crippen LogP contribution in [0.2, 0.25) is 0 Å². The molecule has 0 aromatic carbocycles. The van der Waals surface area contributed by atoms with Crippen LogP contribution in [0.4, 0.5) is 0 Å². The molecule has 15 heavy (non-hydrogen) atoms. The maximum atomic E-state index is 9.58. The first-order valence-corrected chi connectivity index (χ1v) is 5.57. The van der Waals surface area contributed by atoms with Gasteiger partial charge in [-0.25, -0.2) is 0 Å². The summed E-state index contributed by atoms with van der Waals surface area (Å²) in [5, 5.41) is 17.7. The largest absolute Gasteiger partial charge is 0.392 e. The van der Waals surface area contributed by atoms with Gasteiger partial charge in [-0.05, 0) is 20.5 Å². The summed E-state index contributed by atoms with van der Waals surface area (Å²) in [4.78, 5) is 4.19. The highest BCUT2D eigenvalue weighted by Gasteiger charge is 2.32. The molecule has 1 heterocycles. The highest BCUT2D eigenvalue weighted by molar-refractivity contribution is 6.22. The predicted molar refractivity (Wildman–Crippen MR) is 59.8 cm³/mol. The zero-order valence-corrected chi connectivity index (χ0v) is 9.98. The molecular weight excluding hydrogens is 214 g/mol. The van der Waals surface area contributed by atoms with E-state index in [0.717, 1.165) is 13.0 Å². The van der Waals surface area contributed by atoms with E-state index in [1.807, 2.05) is 20.2 Å². The molecule has 0 aromatic rings. The number of hydrogen-bond acceptors (Lipinski definition) is 4. The molecule has 1 saturated heterocycles. The molecule has 0 bridgehead atoms. The molecule has 0 radical (unpaired) electrons. The van der Waals surface area contributed by atoms with Gasteiger partial charge < -0.3 is 10.0 Å². The van der Waals surface area contributed by atoms with E-state index in [0.29, 0.717) is 19.1 Å². The Morgan fingerprint density at radius 2 is 2.33 bits per heavy atom. The molecule has 0 amide bonds. The first kappa shape index (κ1) is 12.7. The minimum absolute atomic E-state index is 0.280.